The third-order valence-corrected chi connectivity index (χ3v) is 4.46. The number of aromatic nitrogens is 2. The molecule has 1 aromatic carbocycles. The maximum Gasteiger partial charge on any atom is 0.308 e. The monoisotopic (exact) mass is 350 g/mol. The molecule has 2 atom stereocenters. The lowest BCUT2D eigenvalue weighted by atomic mass is 10.1. The zero-order valence-corrected chi connectivity index (χ0v) is 14.4. The van der Waals surface area contributed by atoms with E-state index >= 15 is 0 Å². The van der Waals surface area contributed by atoms with E-state index in [2.05, 4.69) is 10.2 Å². The Morgan fingerprint density at radius 2 is 2.21 bits per heavy atom. The fourth-order valence-electron chi connectivity index (χ4n) is 3.05. The maximum absolute atomic E-state index is 11.7. The third-order valence-electron chi connectivity index (χ3n) is 4.23. The second-order valence-electron chi connectivity index (χ2n) is 5.75. The highest BCUT2D eigenvalue weighted by molar-refractivity contribution is 6.30. The molecular formula is C17H19ClN2O4. The lowest BCUT2D eigenvalue weighted by molar-refractivity contribution is -0.145. The number of carbonyl (C=O) groups excluding carboxylic acids is 1. The molecule has 1 aliphatic carbocycles. The summed E-state index contributed by atoms with van der Waals surface area (Å²) in [5.74, 6) is 1.36. The number of carbonyl (C=O) groups is 1. The molecule has 128 valence electrons. The normalized spacial score (nSPS) is 20.1. The summed E-state index contributed by atoms with van der Waals surface area (Å²) in [5, 5.41) is 8.86. The molecule has 0 aliphatic heterocycles. The standard InChI is InChI=1S/C17H19ClN2O4/c1-3-23-14-7-6-12(18)9-13(14)16-20-19-15(24-16)10-4-5-11(8-10)17(21)22-2/h6-7,9-11H,3-5,8H2,1-2H3/t10-,11+/m0/s1. The van der Waals surface area contributed by atoms with E-state index in [4.69, 9.17) is 25.5 Å². The third kappa shape index (κ3) is 3.38. The minimum atomic E-state index is -0.175. The predicted molar refractivity (Wildman–Crippen MR) is 88.0 cm³/mol. The van der Waals surface area contributed by atoms with Gasteiger partial charge in [-0.15, -0.1) is 10.2 Å². The molecule has 1 aliphatic rings. The maximum atomic E-state index is 11.7. The van der Waals surface area contributed by atoms with Gasteiger partial charge in [0.15, 0.2) is 0 Å². The van der Waals surface area contributed by atoms with Gasteiger partial charge in [-0.2, -0.15) is 0 Å². The van der Waals surface area contributed by atoms with E-state index in [1.165, 1.54) is 7.11 Å². The molecule has 1 heterocycles. The Balaban J connectivity index is 1.82. The highest BCUT2D eigenvalue weighted by Crippen LogP contribution is 2.40. The Labute approximate surface area is 145 Å². The molecule has 0 N–H and O–H groups in total. The molecule has 6 nitrogen and oxygen atoms in total. The summed E-state index contributed by atoms with van der Waals surface area (Å²) in [6.07, 6.45) is 2.27. The van der Waals surface area contributed by atoms with Crippen LogP contribution in [0, 0.1) is 5.92 Å². The van der Waals surface area contributed by atoms with E-state index in [1.807, 2.05) is 6.92 Å². The van der Waals surface area contributed by atoms with Gasteiger partial charge in [0.25, 0.3) is 5.89 Å². The van der Waals surface area contributed by atoms with Crippen molar-refractivity contribution in [3.63, 3.8) is 0 Å². The van der Waals surface area contributed by atoms with Crippen molar-refractivity contribution in [2.24, 2.45) is 5.92 Å². The lowest BCUT2D eigenvalue weighted by Gasteiger charge is -2.08. The Bertz CT molecular complexity index is 731. The van der Waals surface area contributed by atoms with E-state index in [9.17, 15) is 4.79 Å². The second kappa shape index (κ2) is 7.21. The number of hydrogen-bond acceptors (Lipinski definition) is 6. The van der Waals surface area contributed by atoms with Gasteiger partial charge < -0.3 is 13.9 Å². The van der Waals surface area contributed by atoms with Crippen LogP contribution >= 0.6 is 11.6 Å². The van der Waals surface area contributed by atoms with Crippen LogP contribution in [-0.2, 0) is 9.53 Å². The van der Waals surface area contributed by atoms with Crippen molar-refractivity contribution in [2.45, 2.75) is 32.1 Å². The molecule has 7 heteroatoms. The molecule has 1 saturated carbocycles. The van der Waals surface area contributed by atoms with Crippen molar-refractivity contribution in [2.75, 3.05) is 13.7 Å². The molecule has 0 amide bonds. The molecule has 3 rings (SSSR count). The first-order chi connectivity index (χ1) is 11.6. The summed E-state index contributed by atoms with van der Waals surface area (Å²) < 4.78 is 16.3. The Morgan fingerprint density at radius 3 is 2.96 bits per heavy atom. The molecule has 1 aromatic heterocycles. The number of halogens is 1. The summed E-state index contributed by atoms with van der Waals surface area (Å²) in [6.45, 7) is 2.43. The van der Waals surface area contributed by atoms with Crippen LogP contribution in [-0.4, -0.2) is 29.9 Å². The van der Waals surface area contributed by atoms with Crippen LogP contribution in [0.25, 0.3) is 11.5 Å². The van der Waals surface area contributed by atoms with Gasteiger partial charge in [0.05, 0.1) is 25.2 Å². The van der Waals surface area contributed by atoms with Crippen LogP contribution in [0.15, 0.2) is 22.6 Å². The average Bonchev–Trinajstić information content (AvgIpc) is 3.25. The molecular weight excluding hydrogens is 332 g/mol. The van der Waals surface area contributed by atoms with Crippen LogP contribution in [0.4, 0.5) is 0 Å². The average molecular weight is 351 g/mol. The predicted octanol–water partition coefficient (Wildman–Crippen LogP) is 3.85. The number of ether oxygens (including phenoxy) is 2. The van der Waals surface area contributed by atoms with E-state index in [1.54, 1.807) is 18.2 Å². The van der Waals surface area contributed by atoms with Crippen LogP contribution in [0.3, 0.4) is 0 Å². The highest BCUT2D eigenvalue weighted by Gasteiger charge is 2.34. The molecule has 24 heavy (non-hydrogen) atoms. The first-order valence-corrected chi connectivity index (χ1v) is 8.34. The van der Waals surface area contributed by atoms with Gasteiger partial charge in [-0.1, -0.05) is 11.6 Å². The fourth-order valence-corrected chi connectivity index (χ4v) is 3.22. The first kappa shape index (κ1) is 16.8. The minimum absolute atomic E-state index is 0.0741. The van der Waals surface area contributed by atoms with Gasteiger partial charge in [0.1, 0.15) is 5.75 Å². The number of benzene rings is 1. The quantitative estimate of drug-likeness (QED) is 0.762. The van der Waals surface area contributed by atoms with Crippen molar-refractivity contribution in [3.8, 4) is 17.2 Å². The number of nitrogens with zero attached hydrogens (tertiary/aromatic N) is 2. The molecule has 0 radical (unpaired) electrons. The minimum Gasteiger partial charge on any atom is -0.493 e. The summed E-state index contributed by atoms with van der Waals surface area (Å²) in [6, 6.07) is 5.29. The SMILES string of the molecule is CCOc1ccc(Cl)cc1-c1nnc([C@H]2CC[C@@H](C(=O)OC)C2)o1. The zero-order valence-electron chi connectivity index (χ0n) is 13.6. The summed E-state index contributed by atoms with van der Waals surface area (Å²) in [4.78, 5) is 11.7. The van der Waals surface area contributed by atoms with E-state index in [-0.39, 0.29) is 17.8 Å². The number of esters is 1. The smallest absolute Gasteiger partial charge is 0.308 e. The van der Waals surface area contributed by atoms with E-state index in [0.717, 1.165) is 12.8 Å². The van der Waals surface area contributed by atoms with Crippen molar-refractivity contribution in [1.29, 1.82) is 0 Å². The zero-order chi connectivity index (χ0) is 17.1. The number of rotatable bonds is 5. The summed E-state index contributed by atoms with van der Waals surface area (Å²) in [7, 11) is 1.41. The van der Waals surface area contributed by atoms with E-state index in [0.29, 0.717) is 41.1 Å². The van der Waals surface area contributed by atoms with Gasteiger partial charge in [-0.3, -0.25) is 4.79 Å². The number of methoxy groups -OCH3 is 1. The Kier molecular flexibility index (Phi) is 5.04. The van der Waals surface area contributed by atoms with Crippen molar-refractivity contribution < 1.29 is 18.7 Å². The summed E-state index contributed by atoms with van der Waals surface area (Å²) in [5.41, 5.74) is 0.672. The highest BCUT2D eigenvalue weighted by atomic mass is 35.5. The molecule has 0 bridgehead atoms. The van der Waals surface area contributed by atoms with Crippen LogP contribution in [0.2, 0.25) is 5.02 Å². The Morgan fingerprint density at radius 1 is 1.38 bits per heavy atom. The largest absolute Gasteiger partial charge is 0.493 e. The van der Waals surface area contributed by atoms with Gasteiger partial charge in [-0.05, 0) is 44.4 Å². The van der Waals surface area contributed by atoms with Gasteiger partial charge in [0, 0.05) is 10.9 Å². The lowest BCUT2D eigenvalue weighted by Crippen LogP contribution is -2.12. The van der Waals surface area contributed by atoms with Crippen LogP contribution < -0.4 is 4.74 Å². The van der Waals surface area contributed by atoms with Crippen molar-refractivity contribution in [3.05, 3.63) is 29.1 Å². The van der Waals surface area contributed by atoms with Crippen molar-refractivity contribution in [1.82, 2.24) is 10.2 Å². The molecule has 1 fully saturated rings. The molecule has 0 saturated heterocycles. The van der Waals surface area contributed by atoms with Gasteiger partial charge in [0.2, 0.25) is 5.89 Å². The van der Waals surface area contributed by atoms with Crippen LogP contribution in [0.1, 0.15) is 38.0 Å². The topological polar surface area (TPSA) is 74.5 Å². The van der Waals surface area contributed by atoms with Gasteiger partial charge in [-0.25, -0.2) is 0 Å². The second-order valence-corrected chi connectivity index (χ2v) is 6.19. The van der Waals surface area contributed by atoms with Crippen molar-refractivity contribution >= 4 is 17.6 Å². The summed E-state index contributed by atoms with van der Waals surface area (Å²) >= 11 is 6.07. The molecule has 2 aromatic rings. The fraction of sp³-hybridized carbons (Fsp3) is 0.471. The van der Waals surface area contributed by atoms with E-state index < -0.39 is 0 Å². The Hall–Kier alpha value is -2.08. The van der Waals surface area contributed by atoms with Gasteiger partial charge >= 0.3 is 5.97 Å². The molecule has 0 spiro atoms. The molecule has 0 unspecified atom stereocenters. The first-order valence-electron chi connectivity index (χ1n) is 7.96. The number of hydrogen-bond donors (Lipinski definition) is 0. The van der Waals surface area contributed by atoms with Crippen LogP contribution in [0.5, 0.6) is 5.75 Å².